The Morgan fingerprint density at radius 3 is 2.21 bits per heavy atom. The van der Waals surface area contributed by atoms with Gasteiger partial charge in [-0.1, -0.05) is 51.1 Å². The molecule has 2 aromatic heterocycles. The molecular weight excluding hydrogens is 971 g/mol. The maximum atomic E-state index is 15.7. The first-order valence-corrected chi connectivity index (χ1v) is 24.6. The smallest absolute Gasteiger partial charge is 0.391 e. The summed E-state index contributed by atoms with van der Waals surface area (Å²) in [4.78, 5) is 93.5. The number of carbonyl (C=O) groups is 5. The number of alkyl halides is 3. The number of hydrogen-bond donors (Lipinski definition) is 6. The monoisotopic (exact) mass is 1030 g/mol. The van der Waals surface area contributed by atoms with E-state index < -0.39 is 94.4 Å². The van der Waals surface area contributed by atoms with Gasteiger partial charge in [-0.05, 0) is 87.2 Å². The second-order valence-electron chi connectivity index (χ2n) is 19.8. The van der Waals surface area contributed by atoms with Crippen molar-refractivity contribution in [1.29, 1.82) is 0 Å². The number of pyridine rings is 1. The Balaban J connectivity index is 1.05. The van der Waals surface area contributed by atoms with Crippen molar-refractivity contribution in [3.8, 4) is 21.6 Å². The van der Waals surface area contributed by atoms with Gasteiger partial charge in [-0.25, -0.2) is 9.37 Å². The van der Waals surface area contributed by atoms with Crippen molar-refractivity contribution in [2.24, 2.45) is 5.41 Å². The Morgan fingerprint density at radius 2 is 1.58 bits per heavy atom. The number of halogens is 4. The predicted molar refractivity (Wildman–Crippen MR) is 269 cm³/mol. The number of H-pyrrole nitrogens is 1. The minimum atomic E-state index is -5.04. The number of rotatable bonds is 13. The van der Waals surface area contributed by atoms with Crippen molar-refractivity contribution < 1.29 is 46.6 Å². The van der Waals surface area contributed by atoms with Gasteiger partial charge in [0.2, 0.25) is 23.3 Å². The minimum absolute atomic E-state index is 0.0249. The van der Waals surface area contributed by atoms with E-state index in [1.165, 1.54) is 34.4 Å². The molecule has 0 spiro atoms. The fraction of sp³-hybridized carbons (Fsp3) is 0.404. The summed E-state index contributed by atoms with van der Waals surface area (Å²) in [6.07, 6.45) is -5.39. The average molecular weight is 1030 g/mol. The Morgan fingerprint density at radius 1 is 0.904 bits per heavy atom. The summed E-state index contributed by atoms with van der Waals surface area (Å²) >= 11 is 1.53. The number of piperazine rings is 1. The van der Waals surface area contributed by atoms with E-state index in [2.05, 4.69) is 36.1 Å². The number of benzene rings is 3. The van der Waals surface area contributed by atoms with Gasteiger partial charge >= 0.3 is 6.18 Å². The molecule has 73 heavy (non-hydrogen) atoms. The van der Waals surface area contributed by atoms with Crippen LogP contribution in [0.2, 0.25) is 0 Å². The normalized spacial score (nSPS) is 19.2. The summed E-state index contributed by atoms with van der Waals surface area (Å²) in [6, 6.07) is 13.3. The van der Waals surface area contributed by atoms with Crippen LogP contribution >= 0.6 is 11.3 Å². The van der Waals surface area contributed by atoms with Crippen LogP contribution in [0.4, 0.5) is 28.9 Å². The first kappa shape index (κ1) is 53.8. The lowest BCUT2D eigenvalue weighted by molar-refractivity contribution is -0.144. The molecule has 5 amide bonds. The van der Waals surface area contributed by atoms with E-state index in [9.17, 15) is 47.0 Å². The van der Waals surface area contributed by atoms with Crippen LogP contribution in [0.5, 0.6) is 0 Å². The average Bonchev–Trinajstić information content (AvgIpc) is 3.95. The van der Waals surface area contributed by atoms with Crippen LogP contribution in [0.25, 0.3) is 21.6 Å². The number of likely N-dealkylation sites (N-methyl/N-ethyl adjacent to an activating group) is 1. The molecule has 3 aromatic carbocycles. The zero-order valence-corrected chi connectivity index (χ0v) is 42.4. The van der Waals surface area contributed by atoms with Gasteiger partial charge in [0, 0.05) is 61.5 Å². The van der Waals surface area contributed by atoms with Crippen LogP contribution in [0.3, 0.4) is 0 Å². The van der Waals surface area contributed by atoms with Gasteiger partial charge in [-0.3, -0.25) is 33.7 Å². The minimum Gasteiger partial charge on any atom is -0.391 e. The highest BCUT2D eigenvalue weighted by molar-refractivity contribution is 7.13. The lowest BCUT2D eigenvalue weighted by Gasteiger charge is -2.44. The van der Waals surface area contributed by atoms with Crippen LogP contribution in [0.15, 0.2) is 83.2 Å². The maximum absolute atomic E-state index is 15.7. The number of carbonyl (C=O) groups excluding carboxylic acids is 5. The van der Waals surface area contributed by atoms with Crippen molar-refractivity contribution in [2.45, 2.75) is 97.4 Å². The molecule has 1 unspecified atom stereocenters. The second-order valence-corrected chi connectivity index (χ2v) is 20.7. The molecule has 6 atom stereocenters. The fourth-order valence-electron chi connectivity index (χ4n) is 9.14. The van der Waals surface area contributed by atoms with Gasteiger partial charge in [0.05, 0.1) is 57.3 Å². The SMILES string of the molecule is Cc1ncsc1-c1ccc([C@H](C)NC(=O)[C@H]2C[C@H](O)CN2C(=O)C(NC(=O)CNC(=O)c2ccc(F)c(-c3ccc(N4C[C@@H](C)N(C)[C@@H](C)C4)c(NC(=O)c4c[nH]c(=O)cc4C(F)(F)F)c3)c2)C(C)(C)C)cc1. The Bertz CT molecular complexity index is 2940. The van der Waals surface area contributed by atoms with E-state index in [0.717, 1.165) is 27.8 Å². The molecule has 2 aliphatic heterocycles. The molecule has 6 N–H and O–H groups in total. The number of aliphatic hydroxyl groups is 1. The van der Waals surface area contributed by atoms with Crippen molar-refractivity contribution in [3.05, 3.63) is 123 Å². The fourth-order valence-corrected chi connectivity index (χ4v) is 9.95. The van der Waals surface area contributed by atoms with Crippen LogP contribution in [-0.2, 0) is 20.6 Å². The standard InChI is InChI=1S/C52H59F4N9O7S/c1-27-23-64(24-28(2)63(27)8)41-16-14-33(18-40(41)61-48(70)37-21-57-43(67)20-38(37)52(54,55)56)36-17-34(13-15-39(36)53)47(69)58-22-44(68)62-46(51(5,6)7)50(72)65-25-35(66)19-42(65)49(71)60-29(3)31-9-11-32(12-10-31)45-30(4)59-26-73-45/h9-18,20-21,26-29,35,42,46,66H,19,22-25H2,1-8H3,(H,57,67)(H,58,69)(H,60,71)(H,61,70)(H,62,68)/t27-,28+,29-,35-,42+,46?/m0/s1. The first-order valence-electron chi connectivity index (χ1n) is 23.7. The number of aryl methyl sites for hydroxylation is 1. The molecule has 2 fully saturated rings. The summed E-state index contributed by atoms with van der Waals surface area (Å²) in [6.45, 7) is 13.1. The molecule has 21 heteroatoms. The summed E-state index contributed by atoms with van der Waals surface area (Å²) in [7, 11) is 1.96. The van der Waals surface area contributed by atoms with Gasteiger partial charge < -0.3 is 41.2 Å². The molecule has 2 saturated heterocycles. The van der Waals surface area contributed by atoms with Crippen LogP contribution < -0.4 is 31.7 Å². The number of nitrogens with one attached hydrogen (secondary N) is 5. The number of anilines is 2. The van der Waals surface area contributed by atoms with E-state index in [-0.39, 0.29) is 47.4 Å². The second kappa shape index (κ2) is 21.6. The van der Waals surface area contributed by atoms with Gasteiger partial charge in [0.15, 0.2) is 0 Å². The summed E-state index contributed by atoms with van der Waals surface area (Å²) in [5.74, 6) is -4.60. The zero-order chi connectivity index (χ0) is 53.3. The zero-order valence-electron chi connectivity index (χ0n) is 41.6. The first-order chi connectivity index (χ1) is 34.3. The van der Waals surface area contributed by atoms with Crippen molar-refractivity contribution in [3.63, 3.8) is 0 Å². The van der Waals surface area contributed by atoms with E-state index in [1.807, 2.05) is 63.9 Å². The van der Waals surface area contributed by atoms with Crippen molar-refractivity contribution >= 4 is 52.2 Å². The lowest BCUT2D eigenvalue weighted by Crippen LogP contribution is -2.58. The largest absolute Gasteiger partial charge is 0.417 e. The quantitative estimate of drug-likeness (QED) is 0.0705. The molecule has 0 radical (unpaired) electrons. The molecule has 16 nitrogen and oxygen atoms in total. The Kier molecular flexibility index (Phi) is 15.9. The topological polar surface area (TPSA) is 209 Å². The van der Waals surface area contributed by atoms with Gasteiger partial charge in [0.25, 0.3) is 11.8 Å². The molecular formula is C52H59F4N9O7S. The number of aliphatic hydroxyl groups excluding tert-OH is 1. The molecule has 4 heterocycles. The third kappa shape index (κ3) is 12.3. The van der Waals surface area contributed by atoms with Gasteiger partial charge in [0.1, 0.15) is 17.9 Å². The summed E-state index contributed by atoms with van der Waals surface area (Å²) in [5, 5.41) is 21.4. The molecule has 5 aromatic rings. The van der Waals surface area contributed by atoms with Crippen LogP contribution in [0.1, 0.15) is 91.5 Å². The highest BCUT2D eigenvalue weighted by Crippen LogP contribution is 2.37. The van der Waals surface area contributed by atoms with E-state index >= 15 is 4.39 Å². The summed E-state index contributed by atoms with van der Waals surface area (Å²) in [5.41, 5.74) is 0.679. The van der Waals surface area contributed by atoms with Gasteiger partial charge in [-0.15, -0.1) is 11.3 Å². The lowest BCUT2D eigenvalue weighted by atomic mass is 9.85. The highest BCUT2D eigenvalue weighted by Gasteiger charge is 2.45. The molecule has 0 aliphatic carbocycles. The number of aromatic amines is 1. The van der Waals surface area contributed by atoms with E-state index in [4.69, 9.17) is 0 Å². The predicted octanol–water partition coefficient (Wildman–Crippen LogP) is 6.51. The van der Waals surface area contributed by atoms with Gasteiger partial charge in [-0.2, -0.15) is 13.2 Å². The third-order valence-corrected chi connectivity index (χ3v) is 14.4. The molecule has 0 bridgehead atoms. The summed E-state index contributed by atoms with van der Waals surface area (Å²) < 4.78 is 57.8. The number of nitrogens with zero attached hydrogens (tertiary/aromatic N) is 4. The number of aromatic nitrogens is 2. The molecule has 7 rings (SSSR count). The molecule has 2 aliphatic rings. The number of hydrogen-bond acceptors (Lipinski definition) is 11. The molecule has 0 saturated carbocycles. The van der Waals surface area contributed by atoms with Crippen molar-refractivity contribution in [1.82, 2.24) is 35.7 Å². The van der Waals surface area contributed by atoms with Crippen LogP contribution in [-0.4, -0.2) is 118 Å². The Hall–Kier alpha value is -6.97. The highest BCUT2D eigenvalue weighted by atomic mass is 32.1. The molecule has 388 valence electrons. The maximum Gasteiger partial charge on any atom is 0.417 e. The van der Waals surface area contributed by atoms with E-state index in [1.54, 1.807) is 38.4 Å². The van der Waals surface area contributed by atoms with Crippen LogP contribution in [0, 0.1) is 18.2 Å². The Labute approximate surface area is 423 Å². The third-order valence-electron chi connectivity index (χ3n) is 13.4. The number of amides is 5. The number of β-amino-alcohol motifs (C(OH)–C–C–N with tert-alkyl or cyclic N) is 1. The van der Waals surface area contributed by atoms with E-state index in [0.29, 0.717) is 31.0 Å². The van der Waals surface area contributed by atoms with Crippen molar-refractivity contribution in [2.75, 3.05) is 43.4 Å². The number of thiazole rings is 1. The number of likely N-dealkylation sites (tertiary alicyclic amines) is 1.